The summed E-state index contributed by atoms with van der Waals surface area (Å²) in [6.45, 7) is 8.37. The van der Waals surface area contributed by atoms with Gasteiger partial charge >= 0.3 is 0 Å². The minimum absolute atomic E-state index is 0.0270. The molecule has 4 rings (SSSR count). The van der Waals surface area contributed by atoms with E-state index in [1.807, 2.05) is 43.3 Å². The molecule has 0 aromatic heterocycles. The van der Waals surface area contributed by atoms with Gasteiger partial charge in [-0.25, -0.2) is 4.39 Å². The monoisotopic (exact) mass is 503 g/mol. The SMILES string of the molecule is COC1=CC(/C=C2/C(C)=C(CC(=O)Nc3ccc(C(C)(C)C)cc3)c3cc(F)ccc32)=CC(OC)C1O. The Kier molecular flexibility index (Phi) is 7.53. The van der Waals surface area contributed by atoms with E-state index in [0.29, 0.717) is 11.3 Å². The molecule has 1 amide bonds. The number of carbonyl (C=O) groups is 1. The van der Waals surface area contributed by atoms with Crippen molar-refractivity contribution in [1.29, 1.82) is 0 Å². The summed E-state index contributed by atoms with van der Waals surface area (Å²) in [6, 6.07) is 12.5. The fourth-order valence-corrected chi connectivity index (χ4v) is 4.77. The lowest BCUT2D eigenvalue weighted by Crippen LogP contribution is -2.31. The van der Waals surface area contributed by atoms with E-state index < -0.39 is 12.2 Å². The zero-order valence-corrected chi connectivity index (χ0v) is 22.2. The molecule has 37 heavy (non-hydrogen) atoms. The van der Waals surface area contributed by atoms with Crippen LogP contribution in [0, 0.1) is 5.82 Å². The molecule has 0 spiro atoms. The van der Waals surface area contributed by atoms with Gasteiger partial charge in [-0.05, 0) is 93.8 Å². The Bertz CT molecular complexity index is 1330. The highest BCUT2D eigenvalue weighted by atomic mass is 19.1. The number of anilines is 1. The third kappa shape index (κ3) is 5.60. The van der Waals surface area contributed by atoms with Crippen molar-refractivity contribution >= 4 is 22.7 Å². The normalized spacial score (nSPS) is 20.5. The van der Waals surface area contributed by atoms with Gasteiger partial charge in [-0.1, -0.05) is 39.0 Å². The number of methoxy groups -OCH3 is 2. The van der Waals surface area contributed by atoms with E-state index in [0.717, 1.165) is 33.5 Å². The van der Waals surface area contributed by atoms with E-state index in [1.54, 1.807) is 12.1 Å². The van der Waals surface area contributed by atoms with E-state index in [2.05, 4.69) is 26.1 Å². The van der Waals surface area contributed by atoms with Crippen molar-refractivity contribution in [2.75, 3.05) is 19.5 Å². The molecular formula is C31H34FNO4. The Hall–Kier alpha value is -3.48. The third-order valence-electron chi connectivity index (χ3n) is 6.91. The number of hydrogen-bond acceptors (Lipinski definition) is 4. The van der Waals surface area contributed by atoms with Gasteiger partial charge in [0.25, 0.3) is 0 Å². The summed E-state index contributed by atoms with van der Waals surface area (Å²) in [7, 11) is 3.03. The van der Waals surface area contributed by atoms with Crippen molar-refractivity contribution < 1.29 is 23.8 Å². The average Bonchev–Trinajstić information content (AvgIpc) is 3.09. The molecule has 6 heteroatoms. The smallest absolute Gasteiger partial charge is 0.228 e. The minimum atomic E-state index is -0.893. The average molecular weight is 504 g/mol. The topological polar surface area (TPSA) is 67.8 Å². The van der Waals surface area contributed by atoms with Gasteiger partial charge in [0.1, 0.15) is 23.8 Å². The summed E-state index contributed by atoms with van der Waals surface area (Å²) in [5.74, 6) is -0.128. The first kappa shape index (κ1) is 26.6. The van der Waals surface area contributed by atoms with Crippen LogP contribution in [-0.4, -0.2) is 37.4 Å². The molecule has 2 aromatic rings. The summed E-state index contributed by atoms with van der Waals surface area (Å²) in [4.78, 5) is 13.0. The first-order chi connectivity index (χ1) is 17.5. The molecule has 5 nitrogen and oxygen atoms in total. The molecule has 2 unspecified atom stereocenters. The van der Waals surface area contributed by atoms with E-state index in [4.69, 9.17) is 9.47 Å². The van der Waals surface area contributed by atoms with Gasteiger partial charge in [0.15, 0.2) is 0 Å². The van der Waals surface area contributed by atoms with Crippen LogP contribution in [0.25, 0.3) is 11.1 Å². The van der Waals surface area contributed by atoms with Gasteiger partial charge in [-0.15, -0.1) is 0 Å². The quantitative estimate of drug-likeness (QED) is 0.495. The van der Waals surface area contributed by atoms with Crippen LogP contribution >= 0.6 is 0 Å². The Morgan fingerprint density at radius 2 is 1.81 bits per heavy atom. The van der Waals surface area contributed by atoms with Gasteiger partial charge in [-0.3, -0.25) is 4.79 Å². The molecule has 2 aliphatic carbocycles. The molecule has 0 bridgehead atoms. The molecule has 0 aliphatic heterocycles. The molecule has 2 aliphatic rings. The van der Waals surface area contributed by atoms with Crippen LogP contribution in [-0.2, 0) is 19.7 Å². The molecule has 0 saturated carbocycles. The van der Waals surface area contributed by atoms with Crippen LogP contribution in [0.1, 0.15) is 50.8 Å². The number of aliphatic hydroxyl groups is 1. The molecule has 0 radical (unpaired) electrons. The molecule has 194 valence electrons. The highest BCUT2D eigenvalue weighted by Crippen LogP contribution is 2.44. The lowest BCUT2D eigenvalue weighted by molar-refractivity contribution is -0.115. The Morgan fingerprint density at radius 1 is 1.11 bits per heavy atom. The summed E-state index contributed by atoms with van der Waals surface area (Å²) < 4.78 is 25.0. The second-order valence-corrected chi connectivity index (χ2v) is 10.5. The fraction of sp³-hybridized carbons (Fsp3) is 0.323. The van der Waals surface area contributed by atoms with E-state index in [1.165, 1.54) is 31.9 Å². The summed E-state index contributed by atoms with van der Waals surface area (Å²) in [5.41, 5.74) is 6.84. The van der Waals surface area contributed by atoms with Crippen molar-refractivity contribution in [1.82, 2.24) is 0 Å². The van der Waals surface area contributed by atoms with Gasteiger partial charge in [0.2, 0.25) is 5.91 Å². The number of aliphatic hydroxyl groups excluding tert-OH is 1. The van der Waals surface area contributed by atoms with Crippen molar-refractivity contribution in [3.05, 3.63) is 100 Å². The first-order valence-corrected chi connectivity index (χ1v) is 12.3. The van der Waals surface area contributed by atoms with E-state index in [-0.39, 0.29) is 23.6 Å². The number of amides is 1. The van der Waals surface area contributed by atoms with Crippen LogP contribution in [0.5, 0.6) is 0 Å². The number of fused-ring (bicyclic) bond motifs is 1. The number of allylic oxidation sites excluding steroid dienone is 5. The number of hydrogen-bond donors (Lipinski definition) is 2. The van der Waals surface area contributed by atoms with Gasteiger partial charge in [0, 0.05) is 12.8 Å². The highest BCUT2D eigenvalue weighted by Gasteiger charge is 2.29. The summed E-state index contributed by atoms with van der Waals surface area (Å²) in [6.07, 6.45) is 4.20. The lowest BCUT2D eigenvalue weighted by atomic mass is 9.87. The number of rotatable bonds is 6. The molecule has 0 fully saturated rings. The van der Waals surface area contributed by atoms with Crippen LogP contribution in [0.3, 0.4) is 0 Å². The Morgan fingerprint density at radius 3 is 2.43 bits per heavy atom. The molecule has 2 atom stereocenters. The van der Waals surface area contributed by atoms with Crippen LogP contribution in [0.15, 0.2) is 77.6 Å². The second-order valence-electron chi connectivity index (χ2n) is 10.5. The maximum absolute atomic E-state index is 14.3. The molecule has 2 aromatic carbocycles. The van der Waals surface area contributed by atoms with Crippen molar-refractivity contribution in [2.45, 2.75) is 51.7 Å². The second kappa shape index (κ2) is 10.5. The van der Waals surface area contributed by atoms with E-state index >= 15 is 0 Å². The Balaban J connectivity index is 1.65. The molecule has 0 heterocycles. The predicted molar refractivity (Wildman–Crippen MR) is 145 cm³/mol. The zero-order valence-electron chi connectivity index (χ0n) is 22.2. The Labute approximate surface area is 218 Å². The molecule has 2 N–H and O–H groups in total. The molecular weight excluding hydrogens is 469 g/mol. The number of nitrogens with one attached hydrogen (secondary N) is 1. The number of halogens is 1. The summed E-state index contributed by atoms with van der Waals surface area (Å²) >= 11 is 0. The van der Waals surface area contributed by atoms with Gasteiger partial charge < -0.3 is 19.9 Å². The van der Waals surface area contributed by atoms with Crippen molar-refractivity contribution in [3.63, 3.8) is 0 Å². The largest absolute Gasteiger partial charge is 0.498 e. The third-order valence-corrected chi connectivity index (χ3v) is 6.91. The van der Waals surface area contributed by atoms with Crippen molar-refractivity contribution in [2.24, 2.45) is 0 Å². The summed E-state index contributed by atoms with van der Waals surface area (Å²) in [5, 5.41) is 13.4. The van der Waals surface area contributed by atoms with Crippen LogP contribution in [0.4, 0.5) is 10.1 Å². The fourth-order valence-electron chi connectivity index (χ4n) is 4.77. The van der Waals surface area contributed by atoms with Gasteiger partial charge in [0.05, 0.1) is 13.5 Å². The zero-order chi connectivity index (χ0) is 26.9. The minimum Gasteiger partial charge on any atom is -0.498 e. The predicted octanol–water partition coefficient (Wildman–Crippen LogP) is 6.17. The number of benzene rings is 2. The maximum atomic E-state index is 14.3. The standard InChI is InChI=1S/C31H34FNO4/c1-18-24(13-19-14-27(36-5)30(35)28(15-19)37-6)23-12-9-21(32)16-26(23)25(18)17-29(34)33-22-10-7-20(8-11-22)31(2,3)4/h7-16,27,30,35H,17H2,1-6H3,(H,33,34)/b24-13-. The molecule has 0 saturated heterocycles. The van der Waals surface area contributed by atoms with Gasteiger partial charge in [-0.2, -0.15) is 0 Å². The lowest BCUT2D eigenvalue weighted by Gasteiger charge is -2.25. The van der Waals surface area contributed by atoms with E-state index in [9.17, 15) is 14.3 Å². The first-order valence-electron chi connectivity index (χ1n) is 12.3. The maximum Gasteiger partial charge on any atom is 0.228 e. The van der Waals surface area contributed by atoms with Crippen molar-refractivity contribution in [3.8, 4) is 0 Å². The van der Waals surface area contributed by atoms with Crippen LogP contribution in [0.2, 0.25) is 0 Å². The highest BCUT2D eigenvalue weighted by molar-refractivity contribution is 6.07. The number of carbonyl (C=O) groups excluding carboxylic acids is 1. The number of ether oxygens (including phenoxy) is 2. The van der Waals surface area contributed by atoms with Crippen LogP contribution < -0.4 is 5.32 Å².